The molecule has 1 saturated heterocycles. The Bertz CT molecular complexity index is 1180. The minimum Gasteiger partial charge on any atom is -0.378 e. The summed E-state index contributed by atoms with van der Waals surface area (Å²) in [5, 5.41) is 10.1. The molecule has 0 aliphatic carbocycles. The van der Waals surface area contributed by atoms with Gasteiger partial charge in [0.2, 0.25) is 0 Å². The molecule has 0 bridgehead atoms. The summed E-state index contributed by atoms with van der Waals surface area (Å²) in [6.07, 6.45) is 6.99. The number of benzene rings is 1. The molecule has 4 aromatic rings. The van der Waals surface area contributed by atoms with Gasteiger partial charge in [0, 0.05) is 29.3 Å². The van der Waals surface area contributed by atoms with Crippen molar-refractivity contribution in [1.29, 1.82) is 0 Å². The Labute approximate surface area is 173 Å². The van der Waals surface area contributed by atoms with Crippen molar-refractivity contribution in [3.8, 4) is 0 Å². The smallest absolute Gasteiger partial charge is 0.132 e. The third-order valence-electron chi connectivity index (χ3n) is 5.67. The van der Waals surface area contributed by atoms with Crippen LogP contribution in [0.5, 0.6) is 0 Å². The zero-order valence-corrected chi connectivity index (χ0v) is 17.3. The summed E-state index contributed by atoms with van der Waals surface area (Å²) in [5.41, 5.74) is 3.78. The molecule has 7 nitrogen and oxygen atoms in total. The number of imidazole rings is 1. The van der Waals surface area contributed by atoms with Crippen molar-refractivity contribution in [2.75, 3.05) is 6.61 Å². The number of rotatable bonds is 4. The van der Waals surface area contributed by atoms with Gasteiger partial charge in [0.15, 0.2) is 0 Å². The quantitative estimate of drug-likeness (QED) is 0.501. The van der Waals surface area contributed by atoms with Crippen molar-refractivity contribution in [2.45, 2.75) is 51.8 Å². The fourth-order valence-corrected chi connectivity index (χ4v) is 4.47. The third-order valence-corrected chi connectivity index (χ3v) is 5.90. The second-order valence-electron chi connectivity index (χ2n) is 7.69. The summed E-state index contributed by atoms with van der Waals surface area (Å²) in [6.45, 7) is 5.44. The van der Waals surface area contributed by atoms with Gasteiger partial charge in [-0.05, 0) is 44.4 Å². The molecule has 0 unspecified atom stereocenters. The lowest BCUT2D eigenvalue weighted by Crippen LogP contribution is -2.28. The molecule has 1 aliphatic rings. The first-order valence-corrected chi connectivity index (χ1v) is 10.4. The van der Waals surface area contributed by atoms with E-state index in [1.165, 1.54) is 0 Å². The van der Waals surface area contributed by atoms with Crippen LogP contribution in [-0.2, 0) is 11.3 Å². The van der Waals surface area contributed by atoms with Gasteiger partial charge in [0.25, 0.3) is 0 Å². The van der Waals surface area contributed by atoms with Gasteiger partial charge >= 0.3 is 0 Å². The Kier molecular flexibility index (Phi) is 4.72. The molecule has 1 fully saturated rings. The van der Waals surface area contributed by atoms with E-state index in [1.807, 2.05) is 42.2 Å². The summed E-state index contributed by atoms with van der Waals surface area (Å²) in [4.78, 5) is 9.55. The van der Waals surface area contributed by atoms with Crippen molar-refractivity contribution < 1.29 is 4.74 Å². The maximum absolute atomic E-state index is 6.34. The van der Waals surface area contributed by atoms with E-state index < -0.39 is 0 Å². The van der Waals surface area contributed by atoms with Gasteiger partial charge in [0.1, 0.15) is 17.9 Å². The number of hydrogen-bond acceptors (Lipinski definition) is 5. The van der Waals surface area contributed by atoms with Crippen molar-refractivity contribution in [3.63, 3.8) is 0 Å². The molecule has 0 radical (unpaired) electrons. The van der Waals surface area contributed by atoms with E-state index in [0.29, 0.717) is 17.6 Å². The second kappa shape index (κ2) is 7.39. The van der Waals surface area contributed by atoms with Crippen LogP contribution in [0.3, 0.4) is 0 Å². The fourth-order valence-electron chi connectivity index (χ4n) is 4.30. The molecule has 0 saturated carbocycles. The van der Waals surface area contributed by atoms with Crippen LogP contribution < -0.4 is 0 Å². The molecule has 1 aromatic carbocycles. The lowest BCUT2D eigenvalue weighted by molar-refractivity contribution is -0.00688. The van der Waals surface area contributed by atoms with E-state index in [1.54, 1.807) is 0 Å². The van der Waals surface area contributed by atoms with Crippen LogP contribution in [0.1, 0.15) is 43.7 Å². The molecule has 4 heterocycles. The van der Waals surface area contributed by atoms with E-state index in [0.717, 1.165) is 59.3 Å². The van der Waals surface area contributed by atoms with Crippen molar-refractivity contribution in [1.82, 2.24) is 29.5 Å². The van der Waals surface area contributed by atoms with Gasteiger partial charge in [0.05, 0.1) is 29.0 Å². The number of aryl methyl sites for hydroxylation is 1. The Morgan fingerprint density at radius 2 is 2.17 bits per heavy atom. The maximum Gasteiger partial charge on any atom is 0.132 e. The van der Waals surface area contributed by atoms with Crippen molar-refractivity contribution >= 4 is 33.5 Å². The number of hydrogen-bond donors (Lipinski definition) is 0. The zero-order chi connectivity index (χ0) is 20.0. The standard InChI is InChI=1S/C21H23ClN6O/c1-3-16-9-15(6-7-29-16)28-20(12-27-11-13(2)25-26-27)24-19-10-23-18-5-4-14(22)8-17(18)21(19)28/h4-5,8,10-11,15-16H,3,6-7,9,12H2,1-2H3/t15-,16-/m1/s1. The summed E-state index contributed by atoms with van der Waals surface area (Å²) in [7, 11) is 0. The lowest BCUT2D eigenvalue weighted by atomic mass is 10.0. The average molecular weight is 411 g/mol. The number of fused-ring (bicyclic) bond motifs is 3. The molecule has 150 valence electrons. The van der Waals surface area contributed by atoms with Crippen LogP contribution in [0.2, 0.25) is 5.02 Å². The number of aromatic nitrogens is 6. The fraction of sp³-hybridized carbons (Fsp3) is 0.429. The average Bonchev–Trinajstić information content (AvgIpc) is 3.31. The highest BCUT2D eigenvalue weighted by Gasteiger charge is 2.27. The Balaban J connectivity index is 1.72. The zero-order valence-electron chi connectivity index (χ0n) is 16.5. The van der Waals surface area contributed by atoms with Gasteiger partial charge in [-0.3, -0.25) is 4.98 Å². The van der Waals surface area contributed by atoms with Gasteiger partial charge in [-0.15, -0.1) is 5.10 Å². The molecule has 3 aromatic heterocycles. The minimum atomic E-state index is 0.268. The van der Waals surface area contributed by atoms with Crippen LogP contribution in [0, 0.1) is 6.92 Å². The van der Waals surface area contributed by atoms with E-state index in [9.17, 15) is 0 Å². The normalized spacial score (nSPS) is 20.0. The monoisotopic (exact) mass is 410 g/mol. The van der Waals surface area contributed by atoms with E-state index in [-0.39, 0.29) is 6.10 Å². The number of ether oxygens (including phenoxy) is 1. The first kappa shape index (κ1) is 18.5. The molecule has 2 atom stereocenters. The van der Waals surface area contributed by atoms with Crippen LogP contribution in [0.4, 0.5) is 0 Å². The number of halogens is 1. The van der Waals surface area contributed by atoms with Crippen molar-refractivity contribution in [2.24, 2.45) is 0 Å². The van der Waals surface area contributed by atoms with Crippen LogP contribution in [0.15, 0.2) is 30.6 Å². The molecule has 0 N–H and O–H groups in total. The van der Waals surface area contributed by atoms with E-state index >= 15 is 0 Å². The van der Waals surface area contributed by atoms with Crippen LogP contribution in [-0.4, -0.2) is 42.2 Å². The van der Waals surface area contributed by atoms with Gasteiger partial charge in [-0.2, -0.15) is 0 Å². The second-order valence-corrected chi connectivity index (χ2v) is 8.12. The first-order valence-electron chi connectivity index (χ1n) is 10.1. The molecule has 1 aliphatic heterocycles. The highest BCUT2D eigenvalue weighted by molar-refractivity contribution is 6.31. The van der Waals surface area contributed by atoms with E-state index in [2.05, 4.69) is 26.8 Å². The van der Waals surface area contributed by atoms with Gasteiger partial charge < -0.3 is 9.30 Å². The minimum absolute atomic E-state index is 0.268. The Morgan fingerprint density at radius 3 is 2.97 bits per heavy atom. The molecular formula is C21H23ClN6O. The molecule has 8 heteroatoms. The molecule has 29 heavy (non-hydrogen) atoms. The van der Waals surface area contributed by atoms with E-state index in [4.69, 9.17) is 21.3 Å². The lowest BCUT2D eigenvalue weighted by Gasteiger charge is -2.31. The Hall–Kier alpha value is -2.51. The molecule has 5 rings (SSSR count). The summed E-state index contributed by atoms with van der Waals surface area (Å²) in [5.74, 6) is 0.959. The van der Waals surface area contributed by atoms with Crippen molar-refractivity contribution in [3.05, 3.63) is 47.1 Å². The summed E-state index contributed by atoms with van der Waals surface area (Å²) < 4.78 is 10.2. The largest absolute Gasteiger partial charge is 0.378 e. The predicted octanol–water partition coefficient (Wildman–Crippen LogP) is 4.32. The third kappa shape index (κ3) is 3.38. The SMILES string of the molecule is CC[C@@H]1C[C@H](n2c(Cn3cc(C)nn3)nc3cnc4ccc(Cl)cc4c32)CCO1. The molecule has 0 spiro atoms. The predicted molar refractivity (Wildman–Crippen MR) is 112 cm³/mol. The number of nitrogens with zero attached hydrogens (tertiary/aromatic N) is 6. The van der Waals surface area contributed by atoms with Crippen LogP contribution >= 0.6 is 11.6 Å². The summed E-state index contributed by atoms with van der Waals surface area (Å²) >= 11 is 6.34. The molecule has 0 amide bonds. The topological polar surface area (TPSA) is 70.7 Å². The maximum atomic E-state index is 6.34. The van der Waals surface area contributed by atoms with Crippen LogP contribution in [0.25, 0.3) is 21.9 Å². The van der Waals surface area contributed by atoms with Gasteiger partial charge in [-0.25, -0.2) is 9.67 Å². The molecular weight excluding hydrogens is 388 g/mol. The van der Waals surface area contributed by atoms with Gasteiger partial charge in [-0.1, -0.05) is 23.7 Å². The summed E-state index contributed by atoms with van der Waals surface area (Å²) in [6, 6.07) is 6.14. The highest BCUT2D eigenvalue weighted by Crippen LogP contribution is 2.35. The number of pyridine rings is 1. The Morgan fingerprint density at radius 1 is 1.28 bits per heavy atom. The highest BCUT2D eigenvalue weighted by atomic mass is 35.5. The first-order chi connectivity index (χ1) is 14.1.